The Morgan fingerprint density at radius 1 is 1.42 bits per heavy atom. The van der Waals surface area contributed by atoms with Crippen molar-refractivity contribution < 1.29 is 4.79 Å². The van der Waals surface area contributed by atoms with Gasteiger partial charge in [0.25, 0.3) is 5.91 Å². The Morgan fingerprint density at radius 2 is 2.00 bits per heavy atom. The molecule has 1 aliphatic rings. The molecule has 12 heavy (non-hydrogen) atoms. The average molecular weight is 165 g/mol. The quantitative estimate of drug-likeness (QED) is 0.601. The van der Waals surface area contributed by atoms with Crippen molar-refractivity contribution in [1.29, 1.82) is 0 Å². The molecule has 0 fully saturated rings. The molecule has 1 rings (SSSR count). The van der Waals surface area contributed by atoms with Crippen LogP contribution >= 0.6 is 0 Å². The van der Waals surface area contributed by atoms with Crippen LogP contribution in [0.4, 0.5) is 0 Å². The van der Waals surface area contributed by atoms with Crippen LogP contribution < -0.4 is 5.43 Å². The third-order valence-corrected chi connectivity index (χ3v) is 1.35. The molecule has 1 amide bonds. The van der Waals surface area contributed by atoms with Crippen LogP contribution in [0, 0.1) is 0 Å². The first kappa shape index (κ1) is 8.39. The smallest absolute Gasteiger partial charge is 0.262 e. The van der Waals surface area contributed by atoms with E-state index >= 15 is 0 Å². The number of carbonyl (C=O) groups excluding carboxylic acids is 1. The maximum Gasteiger partial charge on any atom is 0.262 e. The topological polar surface area (TPSA) is 35.6 Å². The zero-order chi connectivity index (χ0) is 8.97. The standard InChI is InChI=1S/C8H11N3O/c1-3-8(12)9-11-6-4-10(2)5-7-11/h3-7H,1H2,2H3,(H,9,12). The summed E-state index contributed by atoms with van der Waals surface area (Å²) in [6, 6.07) is 0. The summed E-state index contributed by atoms with van der Waals surface area (Å²) >= 11 is 0. The second-order valence-corrected chi connectivity index (χ2v) is 2.35. The number of hydrazine groups is 1. The Bertz CT molecular complexity index is 231. The van der Waals surface area contributed by atoms with Gasteiger partial charge in [-0.3, -0.25) is 15.2 Å². The van der Waals surface area contributed by atoms with E-state index in [0.29, 0.717) is 0 Å². The van der Waals surface area contributed by atoms with Gasteiger partial charge in [-0.1, -0.05) is 6.58 Å². The van der Waals surface area contributed by atoms with Gasteiger partial charge in [0.2, 0.25) is 0 Å². The van der Waals surface area contributed by atoms with Gasteiger partial charge in [-0.05, 0) is 6.08 Å². The highest BCUT2D eigenvalue weighted by Gasteiger charge is 2.01. The fraction of sp³-hybridized carbons (Fsp3) is 0.125. The Balaban J connectivity index is 2.46. The summed E-state index contributed by atoms with van der Waals surface area (Å²) in [5.74, 6) is -0.228. The van der Waals surface area contributed by atoms with Crippen LogP contribution in [0.1, 0.15) is 0 Å². The fourth-order valence-electron chi connectivity index (χ4n) is 0.701. The minimum absolute atomic E-state index is 0.228. The monoisotopic (exact) mass is 165 g/mol. The number of nitrogens with zero attached hydrogens (tertiary/aromatic N) is 2. The van der Waals surface area contributed by atoms with Gasteiger partial charge in [-0.15, -0.1) is 0 Å². The van der Waals surface area contributed by atoms with Crippen molar-refractivity contribution in [2.45, 2.75) is 0 Å². The maximum absolute atomic E-state index is 10.8. The highest BCUT2D eigenvalue weighted by molar-refractivity contribution is 5.86. The van der Waals surface area contributed by atoms with Crippen molar-refractivity contribution in [3.63, 3.8) is 0 Å². The van der Waals surface area contributed by atoms with E-state index in [9.17, 15) is 4.79 Å². The lowest BCUT2D eigenvalue weighted by molar-refractivity contribution is -0.119. The molecule has 1 N–H and O–H groups in total. The molecule has 0 unspecified atom stereocenters. The van der Waals surface area contributed by atoms with E-state index in [0.717, 1.165) is 0 Å². The normalized spacial score (nSPS) is 14.8. The number of nitrogens with one attached hydrogen (secondary N) is 1. The Kier molecular flexibility index (Phi) is 2.53. The summed E-state index contributed by atoms with van der Waals surface area (Å²) in [5.41, 5.74) is 2.57. The van der Waals surface area contributed by atoms with Crippen molar-refractivity contribution >= 4 is 5.91 Å². The van der Waals surface area contributed by atoms with E-state index in [1.165, 1.54) is 6.08 Å². The van der Waals surface area contributed by atoms with E-state index in [2.05, 4.69) is 12.0 Å². The third kappa shape index (κ3) is 2.16. The number of carbonyl (C=O) groups is 1. The Labute approximate surface area is 71.4 Å². The summed E-state index contributed by atoms with van der Waals surface area (Å²) in [7, 11) is 1.90. The molecular weight excluding hydrogens is 154 g/mol. The second-order valence-electron chi connectivity index (χ2n) is 2.35. The Morgan fingerprint density at radius 3 is 2.50 bits per heavy atom. The SMILES string of the molecule is C=CC(=O)NN1C=CN(C)C=C1. The molecule has 0 spiro atoms. The van der Waals surface area contributed by atoms with Crippen LogP contribution in [-0.2, 0) is 4.79 Å². The summed E-state index contributed by atoms with van der Waals surface area (Å²) < 4.78 is 0. The van der Waals surface area contributed by atoms with Gasteiger partial charge in [0.05, 0.1) is 0 Å². The van der Waals surface area contributed by atoms with E-state index in [-0.39, 0.29) is 5.91 Å². The van der Waals surface area contributed by atoms with Crippen LogP contribution in [0.2, 0.25) is 0 Å². The third-order valence-electron chi connectivity index (χ3n) is 1.35. The molecule has 4 nitrogen and oxygen atoms in total. The first-order valence-corrected chi connectivity index (χ1v) is 3.52. The van der Waals surface area contributed by atoms with E-state index in [1.807, 2.05) is 24.3 Å². The zero-order valence-electron chi connectivity index (χ0n) is 6.90. The van der Waals surface area contributed by atoms with Gasteiger partial charge in [-0.25, -0.2) is 0 Å². The molecule has 4 heteroatoms. The molecule has 0 bridgehead atoms. The molecule has 0 aromatic heterocycles. The lowest BCUT2D eigenvalue weighted by Crippen LogP contribution is -2.35. The first-order valence-electron chi connectivity index (χ1n) is 3.52. The van der Waals surface area contributed by atoms with Gasteiger partial charge in [0, 0.05) is 31.8 Å². The van der Waals surface area contributed by atoms with Crippen molar-refractivity contribution in [2.24, 2.45) is 0 Å². The zero-order valence-corrected chi connectivity index (χ0v) is 6.90. The average Bonchev–Trinajstić information content (AvgIpc) is 2.09. The van der Waals surface area contributed by atoms with Gasteiger partial charge in [-0.2, -0.15) is 0 Å². The highest BCUT2D eigenvalue weighted by atomic mass is 16.2. The van der Waals surface area contributed by atoms with Crippen LogP contribution in [0.5, 0.6) is 0 Å². The van der Waals surface area contributed by atoms with Gasteiger partial charge in [0.1, 0.15) is 0 Å². The van der Waals surface area contributed by atoms with Crippen molar-refractivity contribution in [3.05, 3.63) is 37.5 Å². The summed E-state index contributed by atoms with van der Waals surface area (Å²) in [6.07, 6.45) is 8.34. The largest absolute Gasteiger partial charge is 0.354 e. The van der Waals surface area contributed by atoms with E-state index < -0.39 is 0 Å². The Hall–Kier alpha value is -1.71. The molecule has 0 saturated carbocycles. The predicted molar refractivity (Wildman–Crippen MR) is 46.2 cm³/mol. The van der Waals surface area contributed by atoms with Crippen molar-refractivity contribution in [1.82, 2.24) is 15.3 Å². The molecule has 0 aromatic rings. The second kappa shape index (κ2) is 3.61. The highest BCUT2D eigenvalue weighted by Crippen LogP contribution is 1.98. The minimum Gasteiger partial charge on any atom is -0.354 e. The molecule has 1 aliphatic heterocycles. The molecule has 0 radical (unpaired) electrons. The van der Waals surface area contributed by atoms with Gasteiger partial charge < -0.3 is 4.90 Å². The van der Waals surface area contributed by atoms with Crippen LogP contribution in [0.15, 0.2) is 37.5 Å². The molecule has 64 valence electrons. The van der Waals surface area contributed by atoms with E-state index in [1.54, 1.807) is 17.4 Å². The van der Waals surface area contributed by atoms with Crippen LogP contribution in [-0.4, -0.2) is 22.9 Å². The minimum atomic E-state index is -0.228. The van der Waals surface area contributed by atoms with Crippen molar-refractivity contribution in [2.75, 3.05) is 7.05 Å². The molecular formula is C8H11N3O. The lowest BCUT2D eigenvalue weighted by atomic mass is 10.6. The molecule has 0 atom stereocenters. The van der Waals surface area contributed by atoms with Crippen molar-refractivity contribution in [3.8, 4) is 0 Å². The number of amides is 1. The van der Waals surface area contributed by atoms with E-state index in [4.69, 9.17) is 0 Å². The molecule has 0 saturated heterocycles. The summed E-state index contributed by atoms with van der Waals surface area (Å²) in [6.45, 7) is 3.34. The maximum atomic E-state index is 10.8. The molecule has 0 aromatic carbocycles. The predicted octanol–water partition coefficient (Wildman–Crippen LogP) is 0.393. The number of rotatable bonds is 2. The fourth-order valence-corrected chi connectivity index (χ4v) is 0.701. The molecule has 0 aliphatic carbocycles. The number of hydrogen-bond donors (Lipinski definition) is 1. The van der Waals surface area contributed by atoms with Gasteiger partial charge in [0.15, 0.2) is 0 Å². The summed E-state index contributed by atoms with van der Waals surface area (Å²) in [4.78, 5) is 12.7. The summed E-state index contributed by atoms with van der Waals surface area (Å²) in [5, 5.41) is 1.56. The lowest BCUT2D eigenvalue weighted by Gasteiger charge is -2.21. The van der Waals surface area contributed by atoms with Gasteiger partial charge >= 0.3 is 0 Å². The number of hydrogen-bond acceptors (Lipinski definition) is 3. The van der Waals surface area contributed by atoms with Crippen LogP contribution in [0.25, 0.3) is 0 Å². The van der Waals surface area contributed by atoms with Crippen LogP contribution in [0.3, 0.4) is 0 Å². The molecule has 1 heterocycles. The first-order chi connectivity index (χ1) is 5.72.